The molecule has 1 saturated heterocycles. The molecule has 2 heterocycles. The predicted octanol–water partition coefficient (Wildman–Crippen LogP) is 3.80. The smallest absolute Gasteiger partial charge is 0.236 e. The van der Waals surface area contributed by atoms with Gasteiger partial charge in [0, 0.05) is 47.2 Å². The fourth-order valence-corrected chi connectivity index (χ4v) is 4.64. The summed E-state index contributed by atoms with van der Waals surface area (Å²) in [5.41, 5.74) is 0.897. The van der Waals surface area contributed by atoms with Crippen LogP contribution in [-0.2, 0) is 21.4 Å². The number of carbonyl (C=O) groups excluding carboxylic acids is 1. The number of methoxy groups -OCH3 is 1. The van der Waals surface area contributed by atoms with Crippen molar-refractivity contribution in [1.29, 1.82) is 0 Å². The number of thiophene rings is 1. The van der Waals surface area contributed by atoms with E-state index in [2.05, 4.69) is 22.1 Å². The third-order valence-electron chi connectivity index (χ3n) is 5.57. The van der Waals surface area contributed by atoms with Gasteiger partial charge in [-0.3, -0.25) is 4.79 Å². The summed E-state index contributed by atoms with van der Waals surface area (Å²) in [4.78, 5) is 13.8. The fourth-order valence-electron chi connectivity index (χ4n) is 3.76. The number of carbonyl (C=O) groups is 1. The van der Waals surface area contributed by atoms with Gasteiger partial charge in [-0.2, -0.15) is 0 Å². The normalized spacial score (nSPS) is 16.9. The van der Waals surface area contributed by atoms with Crippen LogP contribution in [0.25, 0.3) is 0 Å². The molecule has 2 N–H and O–H groups in total. The second-order valence-electron chi connectivity index (χ2n) is 7.46. The average molecular weight is 437 g/mol. The molecule has 1 aliphatic rings. The Morgan fingerprint density at radius 2 is 2.14 bits per heavy atom. The highest BCUT2D eigenvalue weighted by atomic mass is 35.5. The molecule has 1 aromatic heterocycles. The maximum absolute atomic E-state index is 12.5. The van der Waals surface area contributed by atoms with Crippen LogP contribution < -0.4 is 15.4 Å². The SMILES string of the molecule is COc1ccc(Cl)cc1C1(CNC(C)C(=O)NCCc2cccs2)CCOCC1. The van der Waals surface area contributed by atoms with E-state index in [9.17, 15) is 4.79 Å². The molecule has 0 spiro atoms. The molecular weight excluding hydrogens is 408 g/mol. The largest absolute Gasteiger partial charge is 0.496 e. The summed E-state index contributed by atoms with van der Waals surface area (Å²) in [5, 5.41) is 9.21. The van der Waals surface area contributed by atoms with Crippen LogP contribution in [0.3, 0.4) is 0 Å². The number of hydrogen-bond acceptors (Lipinski definition) is 5. The molecule has 1 aromatic carbocycles. The van der Waals surface area contributed by atoms with Gasteiger partial charge in [-0.1, -0.05) is 17.7 Å². The standard InChI is InChI=1S/C22H29ClN2O3S/c1-16(21(26)24-10-7-18-4-3-13-29-18)25-15-22(8-11-28-12-9-22)19-14-17(23)5-6-20(19)27-2/h3-6,13-14,16,25H,7-12,15H2,1-2H3,(H,24,26). The summed E-state index contributed by atoms with van der Waals surface area (Å²) >= 11 is 8.01. The minimum Gasteiger partial charge on any atom is -0.496 e. The Labute approximate surface area is 181 Å². The minimum absolute atomic E-state index is 0.0156. The number of nitrogens with one attached hydrogen (secondary N) is 2. The van der Waals surface area contributed by atoms with Gasteiger partial charge < -0.3 is 20.1 Å². The van der Waals surface area contributed by atoms with E-state index in [1.165, 1.54) is 4.88 Å². The predicted molar refractivity (Wildman–Crippen MR) is 118 cm³/mol. The molecule has 0 saturated carbocycles. The van der Waals surface area contributed by atoms with Crippen molar-refractivity contribution in [2.45, 2.75) is 37.6 Å². The third-order valence-corrected chi connectivity index (χ3v) is 6.74. The van der Waals surface area contributed by atoms with E-state index >= 15 is 0 Å². The van der Waals surface area contributed by atoms with E-state index in [-0.39, 0.29) is 17.4 Å². The van der Waals surface area contributed by atoms with E-state index in [4.69, 9.17) is 21.1 Å². The Morgan fingerprint density at radius 1 is 1.34 bits per heavy atom. The van der Waals surface area contributed by atoms with Crippen molar-refractivity contribution in [3.8, 4) is 5.75 Å². The summed E-state index contributed by atoms with van der Waals surface area (Å²) in [6, 6.07) is 9.57. The molecule has 1 unspecified atom stereocenters. The number of benzene rings is 1. The van der Waals surface area contributed by atoms with Crippen molar-refractivity contribution in [1.82, 2.24) is 10.6 Å². The summed E-state index contributed by atoms with van der Waals surface area (Å²) < 4.78 is 11.2. The highest BCUT2D eigenvalue weighted by molar-refractivity contribution is 7.09. The van der Waals surface area contributed by atoms with Gasteiger partial charge in [0.1, 0.15) is 5.75 Å². The lowest BCUT2D eigenvalue weighted by molar-refractivity contribution is -0.122. The van der Waals surface area contributed by atoms with Gasteiger partial charge in [-0.15, -0.1) is 11.3 Å². The molecule has 5 nitrogen and oxygen atoms in total. The Bertz CT molecular complexity index is 791. The number of rotatable bonds is 9. The lowest BCUT2D eigenvalue weighted by atomic mass is 9.73. The highest BCUT2D eigenvalue weighted by Crippen LogP contribution is 2.40. The van der Waals surface area contributed by atoms with E-state index in [0.717, 1.165) is 30.6 Å². The van der Waals surface area contributed by atoms with Crippen molar-refractivity contribution in [3.63, 3.8) is 0 Å². The van der Waals surface area contributed by atoms with E-state index in [1.54, 1.807) is 18.4 Å². The van der Waals surface area contributed by atoms with Gasteiger partial charge in [-0.25, -0.2) is 0 Å². The van der Waals surface area contributed by atoms with Crippen LogP contribution in [0.4, 0.5) is 0 Å². The van der Waals surface area contributed by atoms with Gasteiger partial charge in [0.2, 0.25) is 5.91 Å². The van der Waals surface area contributed by atoms with Crippen LogP contribution in [0.2, 0.25) is 5.02 Å². The van der Waals surface area contributed by atoms with Gasteiger partial charge >= 0.3 is 0 Å². The van der Waals surface area contributed by atoms with Crippen molar-refractivity contribution < 1.29 is 14.3 Å². The molecular formula is C22H29ClN2O3S. The van der Waals surface area contributed by atoms with Gasteiger partial charge in [-0.05, 0) is 55.8 Å². The molecule has 2 aromatic rings. The number of amides is 1. The van der Waals surface area contributed by atoms with Crippen LogP contribution >= 0.6 is 22.9 Å². The first-order valence-electron chi connectivity index (χ1n) is 9.99. The van der Waals surface area contributed by atoms with Crippen molar-refractivity contribution in [3.05, 3.63) is 51.2 Å². The Balaban J connectivity index is 1.63. The zero-order chi connectivity index (χ0) is 20.7. The van der Waals surface area contributed by atoms with E-state index in [0.29, 0.717) is 31.3 Å². The zero-order valence-electron chi connectivity index (χ0n) is 17.0. The maximum atomic E-state index is 12.5. The second-order valence-corrected chi connectivity index (χ2v) is 8.93. The quantitative estimate of drug-likeness (QED) is 0.627. The molecule has 0 radical (unpaired) electrons. The number of ether oxygens (including phenoxy) is 2. The van der Waals surface area contributed by atoms with Crippen LogP contribution in [0.5, 0.6) is 5.75 Å². The maximum Gasteiger partial charge on any atom is 0.236 e. The Hall–Kier alpha value is -1.60. The first kappa shape index (κ1) is 22.1. The van der Waals surface area contributed by atoms with Gasteiger partial charge in [0.15, 0.2) is 0 Å². The highest BCUT2D eigenvalue weighted by Gasteiger charge is 2.37. The average Bonchev–Trinajstić information content (AvgIpc) is 3.26. The summed E-state index contributed by atoms with van der Waals surface area (Å²) in [7, 11) is 1.68. The van der Waals surface area contributed by atoms with Crippen LogP contribution in [0, 0.1) is 0 Å². The van der Waals surface area contributed by atoms with E-state index in [1.807, 2.05) is 31.2 Å². The topological polar surface area (TPSA) is 59.6 Å². The summed E-state index contributed by atoms with van der Waals surface area (Å²) in [6.07, 6.45) is 2.56. The molecule has 1 atom stereocenters. The molecule has 1 aliphatic heterocycles. The minimum atomic E-state index is -0.289. The molecule has 1 fully saturated rings. The lowest BCUT2D eigenvalue weighted by Crippen LogP contribution is -2.50. The van der Waals surface area contributed by atoms with Crippen molar-refractivity contribution >= 4 is 28.8 Å². The van der Waals surface area contributed by atoms with Crippen LogP contribution in [0.15, 0.2) is 35.7 Å². The first-order valence-corrected chi connectivity index (χ1v) is 11.2. The summed E-state index contributed by atoms with van der Waals surface area (Å²) in [6.45, 7) is 4.57. The number of halogens is 1. The third kappa shape index (κ3) is 5.72. The molecule has 29 heavy (non-hydrogen) atoms. The summed E-state index contributed by atoms with van der Waals surface area (Å²) in [5.74, 6) is 0.841. The molecule has 7 heteroatoms. The van der Waals surface area contributed by atoms with Gasteiger partial charge in [0.05, 0.1) is 13.2 Å². The van der Waals surface area contributed by atoms with Crippen molar-refractivity contribution in [2.24, 2.45) is 0 Å². The number of hydrogen-bond donors (Lipinski definition) is 2. The van der Waals surface area contributed by atoms with E-state index < -0.39 is 0 Å². The first-order chi connectivity index (χ1) is 14.0. The van der Waals surface area contributed by atoms with Crippen LogP contribution in [0.1, 0.15) is 30.2 Å². The molecule has 158 valence electrons. The molecule has 3 rings (SSSR count). The molecule has 1 amide bonds. The lowest BCUT2D eigenvalue weighted by Gasteiger charge is -2.39. The molecule has 0 bridgehead atoms. The monoisotopic (exact) mass is 436 g/mol. The van der Waals surface area contributed by atoms with Crippen LogP contribution in [-0.4, -0.2) is 45.4 Å². The fraction of sp³-hybridized carbons (Fsp3) is 0.500. The molecule has 0 aliphatic carbocycles. The van der Waals surface area contributed by atoms with Gasteiger partial charge in [0.25, 0.3) is 0 Å². The Morgan fingerprint density at radius 3 is 2.83 bits per heavy atom. The Kier molecular flexibility index (Phi) is 7.95. The zero-order valence-corrected chi connectivity index (χ0v) is 18.6. The second kappa shape index (κ2) is 10.4. The van der Waals surface area contributed by atoms with Crippen molar-refractivity contribution in [2.75, 3.05) is 33.4 Å².